The highest BCUT2D eigenvalue weighted by atomic mass is 32.2. The van der Waals surface area contributed by atoms with Crippen LogP contribution in [0, 0.1) is 13.8 Å². The molecule has 0 aliphatic heterocycles. The lowest BCUT2D eigenvalue weighted by atomic mass is 10.1. The predicted octanol–water partition coefficient (Wildman–Crippen LogP) is 1.70. The van der Waals surface area contributed by atoms with Crippen molar-refractivity contribution in [3.63, 3.8) is 0 Å². The minimum Gasteiger partial charge on any atom is -0.481 e. The number of methoxy groups -OCH3 is 1. The van der Waals surface area contributed by atoms with Gasteiger partial charge in [0.05, 0.1) is 30.9 Å². The quantitative estimate of drug-likeness (QED) is 0.803. The molecular weight excluding hydrogens is 306 g/mol. The number of nitrogens with zero attached hydrogens (tertiary/aromatic N) is 3. The van der Waals surface area contributed by atoms with Gasteiger partial charge in [0.25, 0.3) is 0 Å². The van der Waals surface area contributed by atoms with Crippen molar-refractivity contribution in [1.29, 1.82) is 0 Å². The molecule has 2 heterocycles. The average molecular weight is 325 g/mol. The monoisotopic (exact) mass is 325 g/mol. The third-order valence-corrected chi connectivity index (χ3v) is 4.56. The first-order valence-corrected chi connectivity index (χ1v) is 8.57. The molecule has 0 N–H and O–H groups in total. The first-order valence-electron chi connectivity index (χ1n) is 6.72. The third-order valence-electron chi connectivity index (χ3n) is 3.36. The summed E-state index contributed by atoms with van der Waals surface area (Å²) >= 11 is 0. The number of anilines is 1. The molecule has 0 aliphatic carbocycles. The van der Waals surface area contributed by atoms with Gasteiger partial charge in [-0.2, -0.15) is 0 Å². The smallest absolute Gasteiger partial charge is 0.232 e. The maximum Gasteiger partial charge on any atom is 0.232 e. The van der Waals surface area contributed by atoms with E-state index in [1.165, 1.54) is 23.9 Å². The number of ether oxygens (including phenoxy) is 1. The molecule has 0 radical (unpaired) electrons. The number of hydrogen-bond acceptors (Lipinski definition) is 6. The summed E-state index contributed by atoms with van der Waals surface area (Å²) in [6.07, 6.45) is 3.16. The van der Waals surface area contributed by atoms with E-state index in [4.69, 9.17) is 9.26 Å². The maximum absolute atomic E-state index is 12.0. The van der Waals surface area contributed by atoms with Gasteiger partial charge in [0.2, 0.25) is 15.9 Å². The normalized spacial score (nSPS) is 11.5. The summed E-state index contributed by atoms with van der Waals surface area (Å²) < 4.78 is 35.5. The minimum atomic E-state index is -3.41. The first kappa shape index (κ1) is 16.3. The highest BCUT2D eigenvalue weighted by Crippen LogP contribution is 2.21. The SMILES string of the molecule is COc1ccc(N(CCc2c(C)noc2C)S(C)(=O)=O)cn1. The molecule has 7 nitrogen and oxygen atoms in total. The van der Waals surface area contributed by atoms with Crippen molar-refractivity contribution in [1.82, 2.24) is 10.1 Å². The van der Waals surface area contributed by atoms with Gasteiger partial charge >= 0.3 is 0 Å². The van der Waals surface area contributed by atoms with Gasteiger partial charge in [-0.3, -0.25) is 4.31 Å². The van der Waals surface area contributed by atoms with Gasteiger partial charge in [-0.05, 0) is 26.3 Å². The van der Waals surface area contributed by atoms with Crippen LogP contribution in [-0.4, -0.2) is 38.5 Å². The van der Waals surface area contributed by atoms with Crippen LogP contribution in [0.5, 0.6) is 5.88 Å². The van der Waals surface area contributed by atoms with Gasteiger partial charge < -0.3 is 9.26 Å². The number of rotatable bonds is 6. The number of sulfonamides is 1. The van der Waals surface area contributed by atoms with Crippen LogP contribution in [0.4, 0.5) is 5.69 Å². The van der Waals surface area contributed by atoms with Crippen LogP contribution in [-0.2, 0) is 16.4 Å². The lowest BCUT2D eigenvalue weighted by Gasteiger charge is -2.22. The molecule has 0 unspecified atom stereocenters. The van der Waals surface area contributed by atoms with Crippen molar-refractivity contribution in [2.45, 2.75) is 20.3 Å². The van der Waals surface area contributed by atoms with Crippen molar-refractivity contribution in [3.05, 3.63) is 35.3 Å². The molecule has 2 aromatic heterocycles. The molecule has 2 rings (SSSR count). The molecule has 2 aromatic rings. The van der Waals surface area contributed by atoms with E-state index in [9.17, 15) is 8.42 Å². The molecule has 0 saturated carbocycles. The Balaban J connectivity index is 2.24. The van der Waals surface area contributed by atoms with Gasteiger partial charge in [-0.25, -0.2) is 13.4 Å². The summed E-state index contributed by atoms with van der Waals surface area (Å²) in [6.45, 7) is 3.94. The second kappa shape index (κ2) is 6.35. The fourth-order valence-electron chi connectivity index (χ4n) is 2.20. The van der Waals surface area contributed by atoms with Crippen LogP contribution in [0.15, 0.2) is 22.9 Å². The fraction of sp³-hybridized carbons (Fsp3) is 0.429. The van der Waals surface area contributed by atoms with Crippen LogP contribution in [0.1, 0.15) is 17.0 Å². The lowest BCUT2D eigenvalue weighted by molar-refractivity contribution is 0.392. The van der Waals surface area contributed by atoms with Crippen LogP contribution < -0.4 is 9.04 Å². The molecule has 22 heavy (non-hydrogen) atoms. The molecule has 8 heteroatoms. The van der Waals surface area contributed by atoms with Crippen LogP contribution in [0.25, 0.3) is 0 Å². The van der Waals surface area contributed by atoms with E-state index in [0.717, 1.165) is 11.3 Å². The van der Waals surface area contributed by atoms with Crippen LogP contribution >= 0.6 is 0 Å². The Bertz CT molecular complexity index is 718. The summed E-state index contributed by atoms with van der Waals surface area (Å²) in [4.78, 5) is 4.05. The van der Waals surface area contributed by atoms with Gasteiger partial charge in [-0.15, -0.1) is 0 Å². The summed E-state index contributed by atoms with van der Waals surface area (Å²) in [5.74, 6) is 1.14. The van der Waals surface area contributed by atoms with E-state index in [-0.39, 0.29) is 6.54 Å². The Morgan fingerprint density at radius 1 is 1.32 bits per heavy atom. The van der Waals surface area contributed by atoms with Gasteiger partial charge in [0.1, 0.15) is 5.76 Å². The zero-order valence-corrected chi connectivity index (χ0v) is 13.8. The van der Waals surface area contributed by atoms with Crippen molar-refractivity contribution >= 4 is 15.7 Å². The first-order chi connectivity index (χ1) is 10.3. The van der Waals surface area contributed by atoms with Gasteiger partial charge in [-0.1, -0.05) is 5.16 Å². The van der Waals surface area contributed by atoms with Crippen molar-refractivity contribution in [3.8, 4) is 5.88 Å². The summed E-state index contributed by atoms with van der Waals surface area (Å²) in [5.41, 5.74) is 2.20. The van der Waals surface area contributed by atoms with Crippen LogP contribution in [0.3, 0.4) is 0 Å². The van der Waals surface area contributed by atoms with E-state index in [2.05, 4.69) is 10.1 Å². The second-order valence-electron chi connectivity index (χ2n) is 4.95. The average Bonchev–Trinajstić information content (AvgIpc) is 2.78. The molecular formula is C14H19N3O4S. The molecule has 0 atom stereocenters. The predicted molar refractivity (Wildman–Crippen MR) is 82.7 cm³/mol. The van der Waals surface area contributed by atoms with E-state index in [0.29, 0.717) is 23.7 Å². The van der Waals surface area contributed by atoms with Gasteiger partial charge in [0, 0.05) is 18.2 Å². The van der Waals surface area contributed by atoms with E-state index >= 15 is 0 Å². The Morgan fingerprint density at radius 3 is 2.50 bits per heavy atom. The Kier molecular flexibility index (Phi) is 4.70. The number of hydrogen-bond donors (Lipinski definition) is 0. The standard InChI is InChI=1S/C14H19N3O4S/c1-10-13(11(2)21-16-10)7-8-17(22(4,18)19)12-5-6-14(20-3)15-9-12/h5-6,9H,7-8H2,1-4H3. The summed E-state index contributed by atoms with van der Waals surface area (Å²) in [5, 5.41) is 3.88. The van der Waals surface area contributed by atoms with E-state index in [1.54, 1.807) is 12.1 Å². The molecule has 0 bridgehead atoms. The molecule has 120 valence electrons. The molecule has 0 aromatic carbocycles. The van der Waals surface area contributed by atoms with E-state index in [1.807, 2.05) is 13.8 Å². The van der Waals surface area contributed by atoms with Crippen LogP contribution in [0.2, 0.25) is 0 Å². The van der Waals surface area contributed by atoms with Crippen molar-refractivity contribution in [2.24, 2.45) is 0 Å². The van der Waals surface area contributed by atoms with Crippen molar-refractivity contribution < 1.29 is 17.7 Å². The summed E-state index contributed by atoms with van der Waals surface area (Å²) in [6, 6.07) is 3.30. The van der Waals surface area contributed by atoms with Gasteiger partial charge in [0.15, 0.2) is 0 Å². The zero-order valence-electron chi connectivity index (χ0n) is 13.0. The molecule has 0 saturated heterocycles. The molecule has 0 amide bonds. The zero-order chi connectivity index (χ0) is 16.3. The Hall–Kier alpha value is -2.09. The molecule has 0 aliphatic rings. The largest absolute Gasteiger partial charge is 0.481 e. The second-order valence-corrected chi connectivity index (χ2v) is 6.85. The summed E-state index contributed by atoms with van der Waals surface area (Å²) in [7, 11) is -1.91. The molecule has 0 spiro atoms. The Labute approximate surface area is 129 Å². The third kappa shape index (κ3) is 3.56. The Morgan fingerprint density at radius 2 is 2.05 bits per heavy atom. The maximum atomic E-state index is 12.0. The van der Waals surface area contributed by atoms with E-state index < -0.39 is 10.0 Å². The highest BCUT2D eigenvalue weighted by Gasteiger charge is 2.19. The molecule has 0 fully saturated rings. The number of aryl methyl sites for hydroxylation is 2. The lowest BCUT2D eigenvalue weighted by Crippen LogP contribution is -2.32. The number of aromatic nitrogens is 2. The fourth-order valence-corrected chi connectivity index (χ4v) is 3.11. The highest BCUT2D eigenvalue weighted by molar-refractivity contribution is 7.92. The minimum absolute atomic E-state index is 0.287. The topological polar surface area (TPSA) is 85.5 Å². The number of pyridine rings is 1. The van der Waals surface area contributed by atoms with Crippen molar-refractivity contribution in [2.75, 3.05) is 24.2 Å².